The van der Waals surface area contributed by atoms with E-state index in [-0.39, 0.29) is 5.54 Å². The average molecular weight is 265 g/mol. The first-order valence-electron chi connectivity index (χ1n) is 7.22. The molecule has 0 amide bonds. The van der Waals surface area contributed by atoms with Crippen molar-refractivity contribution in [2.45, 2.75) is 52.6 Å². The molecular weight excluding hydrogens is 238 g/mol. The molecular formula is C15H27N3O. The molecule has 1 aliphatic rings. The van der Waals surface area contributed by atoms with Gasteiger partial charge in [-0.1, -0.05) is 6.92 Å². The van der Waals surface area contributed by atoms with E-state index in [1.165, 1.54) is 5.56 Å². The topological polar surface area (TPSA) is 39.1 Å². The molecule has 4 nitrogen and oxygen atoms in total. The van der Waals surface area contributed by atoms with Gasteiger partial charge in [0.2, 0.25) is 0 Å². The van der Waals surface area contributed by atoms with E-state index in [9.17, 15) is 0 Å². The second-order valence-corrected chi connectivity index (χ2v) is 6.99. The highest BCUT2D eigenvalue weighted by Gasteiger charge is 2.26. The van der Waals surface area contributed by atoms with Crippen LogP contribution in [0.3, 0.4) is 0 Å². The highest BCUT2D eigenvalue weighted by molar-refractivity contribution is 5.05. The number of hydrogen-bond acceptors (Lipinski definition) is 3. The van der Waals surface area contributed by atoms with Crippen molar-refractivity contribution in [2.24, 2.45) is 5.41 Å². The summed E-state index contributed by atoms with van der Waals surface area (Å²) in [7, 11) is 0. The number of nitrogens with zero attached hydrogens (tertiary/aromatic N) is 2. The zero-order valence-corrected chi connectivity index (χ0v) is 12.7. The van der Waals surface area contributed by atoms with Crippen molar-refractivity contribution >= 4 is 0 Å². The highest BCUT2D eigenvalue weighted by atomic mass is 16.5. The lowest BCUT2D eigenvalue weighted by molar-refractivity contribution is 0.0240. The molecule has 1 saturated heterocycles. The molecule has 0 spiro atoms. The van der Waals surface area contributed by atoms with Crippen LogP contribution in [-0.2, 0) is 16.8 Å². The summed E-state index contributed by atoms with van der Waals surface area (Å²) in [6.45, 7) is 12.6. The molecule has 2 rings (SSSR count). The normalized spacial score (nSPS) is 19.6. The number of hydrogen-bond donors (Lipinski definition) is 1. The van der Waals surface area contributed by atoms with Crippen LogP contribution in [0.1, 0.15) is 46.1 Å². The van der Waals surface area contributed by atoms with Crippen molar-refractivity contribution in [1.82, 2.24) is 15.1 Å². The molecule has 0 aliphatic carbocycles. The highest BCUT2D eigenvalue weighted by Crippen LogP contribution is 2.28. The minimum atomic E-state index is 0.0605. The van der Waals surface area contributed by atoms with Crippen LogP contribution in [0.25, 0.3) is 0 Å². The van der Waals surface area contributed by atoms with E-state index in [4.69, 9.17) is 4.74 Å². The third-order valence-corrected chi connectivity index (χ3v) is 3.90. The fourth-order valence-corrected chi connectivity index (χ4v) is 2.37. The Balaban J connectivity index is 1.81. The monoisotopic (exact) mass is 265 g/mol. The summed E-state index contributed by atoms with van der Waals surface area (Å²) in [6, 6.07) is 0. The maximum absolute atomic E-state index is 5.43. The number of aromatic nitrogens is 2. The van der Waals surface area contributed by atoms with Gasteiger partial charge in [0.15, 0.2) is 0 Å². The van der Waals surface area contributed by atoms with Gasteiger partial charge in [0, 0.05) is 38.1 Å². The van der Waals surface area contributed by atoms with Gasteiger partial charge in [-0.05, 0) is 39.0 Å². The Bertz CT molecular complexity index is 400. The molecule has 0 unspecified atom stereocenters. The van der Waals surface area contributed by atoms with Gasteiger partial charge < -0.3 is 10.1 Å². The van der Waals surface area contributed by atoms with E-state index in [0.29, 0.717) is 5.41 Å². The van der Waals surface area contributed by atoms with Crippen LogP contribution >= 0.6 is 0 Å². The van der Waals surface area contributed by atoms with E-state index in [1.807, 2.05) is 10.9 Å². The minimum Gasteiger partial charge on any atom is -0.381 e. The lowest BCUT2D eigenvalue weighted by atomic mass is 9.82. The third-order valence-electron chi connectivity index (χ3n) is 3.90. The van der Waals surface area contributed by atoms with Crippen LogP contribution in [-0.4, -0.2) is 29.5 Å². The molecule has 4 heteroatoms. The second kappa shape index (κ2) is 5.63. The van der Waals surface area contributed by atoms with Crippen LogP contribution in [0.5, 0.6) is 0 Å². The predicted octanol–water partition coefficient (Wildman–Crippen LogP) is 2.54. The molecule has 0 bridgehead atoms. The molecule has 0 aromatic carbocycles. The molecule has 19 heavy (non-hydrogen) atoms. The fraction of sp³-hybridized carbons (Fsp3) is 0.800. The molecule has 2 heterocycles. The van der Waals surface area contributed by atoms with Crippen LogP contribution in [0.2, 0.25) is 0 Å². The zero-order valence-electron chi connectivity index (χ0n) is 12.7. The summed E-state index contributed by atoms with van der Waals surface area (Å²) >= 11 is 0. The van der Waals surface area contributed by atoms with Crippen LogP contribution < -0.4 is 5.32 Å². The standard InChI is InChI=1S/C15H27N3O/c1-14(2,3)18-11-13(10-17-18)9-16-12-15(4)5-7-19-8-6-15/h10-11,16H,5-9,12H2,1-4H3. The average Bonchev–Trinajstić information content (AvgIpc) is 2.78. The maximum atomic E-state index is 5.43. The summed E-state index contributed by atoms with van der Waals surface area (Å²) in [5, 5.41) is 7.99. The Morgan fingerprint density at radius 3 is 2.63 bits per heavy atom. The summed E-state index contributed by atoms with van der Waals surface area (Å²) in [4.78, 5) is 0. The third kappa shape index (κ3) is 4.05. The van der Waals surface area contributed by atoms with Crippen molar-refractivity contribution in [2.75, 3.05) is 19.8 Å². The van der Waals surface area contributed by atoms with Crippen molar-refractivity contribution in [3.8, 4) is 0 Å². The molecule has 1 aromatic heterocycles. The van der Waals surface area contributed by atoms with Gasteiger partial charge in [-0.2, -0.15) is 5.10 Å². The zero-order chi connectivity index (χ0) is 13.9. The second-order valence-electron chi connectivity index (χ2n) is 6.99. The number of ether oxygens (including phenoxy) is 1. The summed E-state index contributed by atoms with van der Waals surface area (Å²) in [6.07, 6.45) is 6.41. The quantitative estimate of drug-likeness (QED) is 0.909. The van der Waals surface area contributed by atoms with Gasteiger partial charge in [0.25, 0.3) is 0 Å². The van der Waals surface area contributed by atoms with Crippen LogP contribution in [0.4, 0.5) is 0 Å². The van der Waals surface area contributed by atoms with E-state index >= 15 is 0 Å². The predicted molar refractivity (Wildman–Crippen MR) is 77.1 cm³/mol. The van der Waals surface area contributed by atoms with Gasteiger partial charge in [-0.25, -0.2) is 0 Å². The van der Waals surface area contributed by atoms with Gasteiger partial charge >= 0.3 is 0 Å². The molecule has 0 atom stereocenters. The van der Waals surface area contributed by atoms with E-state index in [0.717, 1.165) is 39.1 Å². The van der Waals surface area contributed by atoms with Crippen molar-refractivity contribution in [3.05, 3.63) is 18.0 Å². The molecule has 1 N–H and O–H groups in total. The molecule has 108 valence electrons. The fourth-order valence-electron chi connectivity index (χ4n) is 2.37. The Morgan fingerprint density at radius 2 is 2.05 bits per heavy atom. The Morgan fingerprint density at radius 1 is 1.37 bits per heavy atom. The van der Waals surface area contributed by atoms with Gasteiger partial charge in [-0.3, -0.25) is 4.68 Å². The van der Waals surface area contributed by atoms with Gasteiger partial charge in [0.1, 0.15) is 0 Å². The Kier molecular flexibility index (Phi) is 4.31. The maximum Gasteiger partial charge on any atom is 0.0543 e. The van der Waals surface area contributed by atoms with E-state index < -0.39 is 0 Å². The lowest BCUT2D eigenvalue weighted by Crippen LogP contribution is -2.36. The Labute approximate surface area is 116 Å². The smallest absolute Gasteiger partial charge is 0.0543 e. The van der Waals surface area contributed by atoms with Gasteiger partial charge in [-0.15, -0.1) is 0 Å². The summed E-state index contributed by atoms with van der Waals surface area (Å²) in [5.41, 5.74) is 1.70. The summed E-state index contributed by atoms with van der Waals surface area (Å²) in [5.74, 6) is 0. The first-order chi connectivity index (χ1) is 8.89. The van der Waals surface area contributed by atoms with E-state index in [1.54, 1.807) is 0 Å². The number of rotatable bonds is 4. The first kappa shape index (κ1) is 14.5. The molecule has 0 saturated carbocycles. The lowest BCUT2D eigenvalue weighted by Gasteiger charge is -2.33. The first-order valence-corrected chi connectivity index (χ1v) is 7.22. The van der Waals surface area contributed by atoms with Crippen molar-refractivity contribution in [3.63, 3.8) is 0 Å². The SMILES string of the molecule is CC1(CNCc2cnn(C(C)(C)C)c2)CCOCC1. The molecule has 1 aliphatic heterocycles. The van der Waals surface area contributed by atoms with Gasteiger partial charge in [0.05, 0.1) is 11.7 Å². The van der Waals surface area contributed by atoms with Crippen LogP contribution in [0.15, 0.2) is 12.4 Å². The molecule has 1 aromatic rings. The number of nitrogens with one attached hydrogen (secondary N) is 1. The van der Waals surface area contributed by atoms with Crippen LogP contribution in [0, 0.1) is 5.41 Å². The Hall–Kier alpha value is -0.870. The summed E-state index contributed by atoms with van der Waals surface area (Å²) < 4.78 is 7.46. The van der Waals surface area contributed by atoms with Crippen molar-refractivity contribution in [1.29, 1.82) is 0 Å². The largest absolute Gasteiger partial charge is 0.381 e. The minimum absolute atomic E-state index is 0.0605. The molecule has 1 fully saturated rings. The van der Waals surface area contributed by atoms with E-state index in [2.05, 4.69) is 44.3 Å². The molecule has 0 radical (unpaired) electrons. The van der Waals surface area contributed by atoms with Crippen molar-refractivity contribution < 1.29 is 4.74 Å².